The van der Waals surface area contributed by atoms with E-state index >= 15 is 0 Å². The first kappa shape index (κ1) is 20.8. The van der Waals surface area contributed by atoms with Crippen LogP contribution in [0.25, 0.3) is 6.08 Å². The average molecular weight is 344 g/mol. The summed E-state index contributed by atoms with van der Waals surface area (Å²) in [7, 11) is 0. The van der Waals surface area contributed by atoms with E-state index in [2.05, 4.69) is 24.8 Å². The molecule has 0 bridgehead atoms. The molecule has 0 aromatic carbocycles. The first-order chi connectivity index (χ1) is 12.1. The van der Waals surface area contributed by atoms with Crippen LogP contribution in [0.5, 0.6) is 0 Å². The fraction of sp³-hybridized carbons (Fsp3) is 0.476. The quantitative estimate of drug-likeness (QED) is 0.344. The SMILES string of the molecule is CCCCC/C=C\CC(O)C#Cc1ccc(C=CCCCC(=O)O)o1. The molecule has 136 valence electrons. The highest BCUT2D eigenvalue weighted by Gasteiger charge is 1.98. The summed E-state index contributed by atoms with van der Waals surface area (Å²) in [4.78, 5) is 10.4. The van der Waals surface area contributed by atoms with Crippen molar-refractivity contribution in [2.24, 2.45) is 0 Å². The van der Waals surface area contributed by atoms with Gasteiger partial charge in [0.1, 0.15) is 11.9 Å². The van der Waals surface area contributed by atoms with Crippen molar-refractivity contribution in [3.8, 4) is 11.8 Å². The van der Waals surface area contributed by atoms with Crippen molar-refractivity contribution in [1.29, 1.82) is 0 Å². The van der Waals surface area contributed by atoms with Crippen molar-refractivity contribution in [2.75, 3.05) is 0 Å². The first-order valence-corrected chi connectivity index (χ1v) is 8.94. The molecule has 0 aliphatic carbocycles. The molecule has 4 heteroatoms. The molecular formula is C21H28O4. The van der Waals surface area contributed by atoms with Gasteiger partial charge < -0.3 is 14.6 Å². The van der Waals surface area contributed by atoms with Gasteiger partial charge in [-0.3, -0.25) is 4.79 Å². The molecule has 0 aliphatic rings. The number of aliphatic hydroxyl groups excluding tert-OH is 1. The molecule has 4 nitrogen and oxygen atoms in total. The van der Waals surface area contributed by atoms with Gasteiger partial charge in [-0.1, -0.05) is 43.9 Å². The summed E-state index contributed by atoms with van der Waals surface area (Å²) in [5.41, 5.74) is 0. The minimum absolute atomic E-state index is 0.171. The minimum Gasteiger partial charge on any atom is -0.481 e. The van der Waals surface area contributed by atoms with Crippen molar-refractivity contribution in [3.63, 3.8) is 0 Å². The molecule has 0 aliphatic heterocycles. The van der Waals surface area contributed by atoms with Gasteiger partial charge in [-0.25, -0.2) is 0 Å². The maximum absolute atomic E-state index is 10.4. The number of aliphatic carboxylic acids is 1. The Labute approximate surface area is 150 Å². The van der Waals surface area contributed by atoms with Gasteiger partial charge in [0, 0.05) is 12.8 Å². The maximum Gasteiger partial charge on any atom is 0.303 e. The lowest BCUT2D eigenvalue weighted by molar-refractivity contribution is -0.137. The summed E-state index contributed by atoms with van der Waals surface area (Å²) in [6.07, 6.45) is 13.8. The minimum atomic E-state index is -0.779. The van der Waals surface area contributed by atoms with Crippen molar-refractivity contribution in [2.45, 2.75) is 64.4 Å². The summed E-state index contributed by atoms with van der Waals surface area (Å²) < 4.78 is 5.53. The van der Waals surface area contributed by atoms with Gasteiger partial charge in [-0.05, 0) is 49.8 Å². The van der Waals surface area contributed by atoms with Crippen LogP contribution < -0.4 is 0 Å². The number of aliphatic hydroxyl groups is 1. The molecule has 0 amide bonds. The molecule has 1 unspecified atom stereocenters. The molecule has 1 rings (SSSR count). The highest BCUT2D eigenvalue weighted by molar-refractivity contribution is 5.66. The van der Waals surface area contributed by atoms with Gasteiger partial charge in [0.05, 0.1) is 0 Å². The topological polar surface area (TPSA) is 70.7 Å². The Morgan fingerprint density at radius 2 is 2.00 bits per heavy atom. The fourth-order valence-corrected chi connectivity index (χ4v) is 2.15. The molecule has 1 aromatic heterocycles. The monoisotopic (exact) mass is 344 g/mol. The zero-order valence-electron chi connectivity index (χ0n) is 14.9. The lowest BCUT2D eigenvalue weighted by Gasteiger charge is -1.97. The third kappa shape index (κ3) is 11.0. The Hall–Kier alpha value is -2.25. The number of furan rings is 1. The summed E-state index contributed by atoms with van der Waals surface area (Å²) in [5.74, 6) is 6.01. The summed E-state index contributed by atoms with van der Waals surface area (Å²) in [5, 5.41) is 18.4. The van der Waals surface area contributed by atoms with Crippen LogP contribution in [0, 0.1) is 11.8 Å². The summed E-state index contributed by atoms with van der Waals surface area (Å²) in [6, 6.07) is 3.56. The van der Waals surface area contributed by atoms with E-state index in [0.717, 1.165) is 6.42 Å². The highest BCUT2D eigenvalue weighted by Crippen LogP contribution is 2.10. The zero-order chi connectivity index (χ0) is 18.3. The van der Waals surface area contributed by atoms with Crippen molar-refractivity contribution < 1.29 is 19.4 Å². The Bertz CT molecular complexity index is 613. The van der Waals surface area contributed by atoms with Crippen LogP contribution in [0.2, 0.25) is 0 Å². The molecule has 1 atom stereocenters. The normalized spacial score (nSPS) is 12.4. The molecule has 0 saturated heterocycles. The van der Waals surface area contributed by atoms with E-state index < -0.39 is 12.1 Å². The molecule has 0 spiro atoms. The number of carboxylic acids is 1. The molecule has 0 saturated carbocycles. The molecule has 2 N–H and O–H groups in total. The number of carbonyl (C=O) groups is 1. The van der Waals surface area contributed by atoms with Crippen molar-refractivity contribution in [1.82, 2.24) is 0 Å². The maximum atomic E-state index is 10.4. The Balaban J connectivity index is 2.33. The van der Waals surface area contributed by atoms with Crippen molar-refractivity contribution in [3.05, 3.63) is 41.9 Å². The van der Waals surface area contributed by atoms with E-state index in [1.165, 1.54) is 19.3 Å². The first-order valence-electron chi connectivity index (χ1n) is 8.94. The van der Waals surface area contributed by atoms with Gasteiger partial charge in [0.25, 0.3) is 0 Å². The van der Waals surface area contributed by atoms with E-state index in [1.54, 1.807) is 12.1 Å². The third-order valence-corrected chi connectivity index (χ3v) is 3.53. The second kappa shape index (κ2) is 13.1. The largest absolute Gasteiger partial charge is 0.481 e. The smallest absolute Gasteiger partial charge is 0.303 e. The Morgan fingerprint density at radius 1 is 1.20 bits per heavy atom. The zero-order valence-corrected chi connectivity index (χ0v) is 14.9. The second-order valence-electron chi connectivity index (χ2n) is 5.88. The van der Waals surface area contributed by atoms with Gasteiger partial charge in [-0.15, -0.1) is 0 Å². The molecule has 25 heavy (non-hydrogen) atoms. The van der Waals surface area contributed by atoms with Crippen LogP contribution >= 0.6 is 0 Å². The van der Waals surface area contributed by atoms with Crippen LogP contribution in [0.1, 0.15) is 69.8 Å². The number of hydrogen-bond acceptors (Lipinski definition) is 3. The van der Waals surface area contributed by atoms with E-state index in [1.807, 2.05) is 18.2 Å². The average Bonchev–Trinajstić information content (AvgIpc) is 3.03. The van der Waals surface area contributed by atoms with Crippen molar-refractivity contribution >= 4 is 12.0 Å². The van der Waals surface area contributed by atoms with Gasteiger partial charge in [-0.2, -0.15) is 0 Å². The lowest BCUT2D eigenvalue weighted by Crippen LogP contribution is -1.99. The lowest BCUT2D eigenvalue weighted by atomic mass is 10.1. The van der Waals surface area contributed by atoms with E-state index in [0.29, 0.717) is 30.8 Å². The fourth-order valence-electron chi connectivity index (χ4n) is 2.15. The number of rotatable bonds is 11. The number of allylic oxidation sites excluding steroid dienone is 2. The molecule has 1 heterocycles. The van der Waals surface area contributed by atoms with Crippen LogP contribution in [0.3, 0.4) is 0 Å². The standard InChI is InChI=1S/C21H28O4/c1-2-3-4-5-6-8-11-18(22)14-15-20-17-16-19(25-20)12-9-7-10-13-21(23)24/h6,8-9,12,16-18,22H,2-5,7,10-11,13H2,1H3,(H,23,24)/b8-6-,12-9?. The number of hydrogen-bond donors (Lipinski definition) is 2. The molecular weight excluding hydrogens is 316 g/mol. The molecule has 1 aromatic rings. The van der Waals surface area contributed by atoms with Crippen LogP contribution in [0.15, 0.2) is 34.8 Å². The van der Waals surface area contributed by atoms with E-state index in [9.17, 15) is 9.90 Å². The van der Waals surface area contributed by atoms with Crippen LogP contribution in [0.4, 0.5) is 0 Å². The second-order valence-corrected chi connectivity index (χ2v) is 5.88. The number of unbranched alkanes of at least 4 members (excludes halogenated alkanes) is 4. The predicted octanol–water partition coefficient (Wildman–Crippen LogP) is 4.79. The third-order valence-electron chi connectivity index (χ3n) is 3.53. The predicted molar refractivity (Wildman–Crippen MR) is 100 cm³/mol. The molecule has 0 radical (unpaired) electrons. The highest BCUT2D eigenvalue weighted by atomic mass is 16.4. The van der Waals surface area contributed by atoms with Crippen LogP contribution in [-0.2, 0) is 4.79 Å². The van der Waals surface area contributed by atoms with E-state index in [4.69, 9.17) is 9.52 Å². The van der Waals surface area contributed by atoms with Gasteiger partial charge in [0.2, 0.25) is 0 Å². The summed E-state index contributed by atoms with van der Waals surface area (Å²) in [6.45, 7) is 2.18. The Morgan fingerprint density at radius 3 is 2.76 bits per heavy atom. The Kier molecular flexibility index (Phi) is 10.9. The summed E-state index contributed by atoms with van der Waals surface area (Å²) >= 11 is 0. The van der Waals surface area contributed by atoms with Gasteiger partial charge in [0.15, 0.2) is 5.76 Å². The number of carboxylic acid groups (broad SMARTS) is 1. The van der Waals surface area contributed by atoms with E-state index in [-0.39, 0.29) is 6.42 Å². The van der Waals surface area contributed by atoms with Crippen LogP contribution in [-0.4, -0.2) is 22.3 Å². The van der Waals surface area contributed by atoms with Gasteiger partial charge >= 0.3 is 5.97 Å². The molecule has 0 fully saturated rings.